The van der Waals surface area contributed by atoms with E-state index in [-0.39, 0.29) is 5.75 Å². The van der Waals surface area contributed by atoms with Crippen molar-refractivity contribution in [1.82, 2.24) is 0 Å². The van der Waals surface area contributed by atoms with E-state index < -0.39 is 9.05 Å². The first-order chi connectivity index (χ1) is 8.46. The molecule has 1 aromatic carbocycles. The first-order valence-corrected chi connectivity index (χ1v) is 8.28. The summed E-state index contributed by atoms with van der Waals surface area (Å²) in [7, 11) is 1.81. The quantitative estimate of drug-likeness (QED) is 0.798. The van der Waals surface area contributed by atoms with Crippen molar-refractivity contribution in [2.24, 2.45) is 0 Å². The second kappa shape index (κ2) is 5.47. The third-order valence-electron chi connectivity index (χ3n) is 2.92. The molecule has 4 nitrogen and oxygen atoms in total. The minimum absolute atomic E-state index is 0.137. The van der Waals surface area contributed by atoms with Gasteiger partial charge in [-0.2, -0.15) is 0 Å². The second-order valence-corrected chi connectivity index (χ2v) is 7.19. The highest BCUT2D eigenvalue weighted by atomic mass is 35.7. The molecule has 1 heterocycles. The van der Waals surface area contributed by atoms with Crippen molar-refractivity contribution in [3.8, 4) is 0 Å². The van der Waals surface area contributed by atoms with Crippen LogP contribution in [-0.2, 0) is 19.5 Å². The molecule has 1 aromatic rings. The highest BCUT2D eigenvalue weighted by Crippen LogP contribution is 2.26. The third-order valence-corrected chi connectivity index (χ3v) is 3.90. The Morgan fingerprint density at radius 3 is 2.61 bits per heavy atom. The Morgan fingerprint density at radius 1 is 1.33 bits per heavy atom. The SMILES string of the molecule is Cc1ccc(CS(=O)(=O)Cl)c(N2CCOCC2)c1. The van der Waals surface area contributed by atoms with Crippen molar-refractivity contribution in [2.45, 2.75) is 12.7 Å². The van der Waals surface area contributed by atoms with Crippen LogP contribution in [0.1, 0.15) is 11.1 Å². The van der Waals surface area contributed by atoms with Gasteiger partial charge in [-0.1, -0.05) is 12.1 Å². The van der Waals surface area contributed by atoms with E-state index in [0.29, 0.717) is 13.2 Å². The fourth-order valence-corrected chi connectivity index (χ4v) is 3.05. The van der Waals surface area contributed by atoms with Gasteiger partial charge in [0, 0.05) is 29.5 Å². The molecule has 0 atom stereocenters. The van der Waals surface area contributed by atoms with E-state index in [1.165, 1.54) is 0 Å². The molecule has 0 amide bonds. The fraction of sp³-hybridized carbons (Fsp3) is 0.500. The number of nitrogens with zero attached hydrogens (tertiary/aromatic N) is 1. The van der Waals surface area contributed by atoms with Crippen molar-refractivity contribution in [3.05, 3.63) is 29.3 Å². The molecule has 1 fully saturated rings. The average molecular weight is 290 g/mol. The van der Waals surface area contributed by atoms with E-state index >= 15 is 0 Å². The average Bonchev–Trinajstić information content (AvgIpc) is 2.31. The van der Waals surface area contributed by atoms with Crippen molar-refractivity contribution >= 4 is 25.4 Å². The van der Waals surface area contributed by atoms with Crippen molar-refractivity contribution in [2.75, 3.05) is 31.2 Å². The molecule has 2 rings (SSSR count). The van der Waals surface area contributed by atoms with Gasteiger partial charge in [0.15, 0.2) is 0 Å². The van der Waals surface area contributed by atoms with Crippen LogP contribution >= 0.6 is 10.7 Å². The predicted octanol–water partition coefficient (Wildman–Crippen LogP) is 1.90. The summed E-state index contributed by atoms with van der Waals surface area (Å²) in [5.74, 6) is -0.137. The maximum Gasteiger partial charge on any atom is 0.236 e. The van der Waals surface area contributed by atoms with Crippen LogP contribution < -0.4 is 4.90 Å². The molecular formula is C12H16ClNO3S. The summed E-state index contributed by atoms with van der Waals surface area (Å²) in [5.41, 5.74) is 2.80. The molecule has 0 N–H and O–H groups in total. The Bertz CT molecular complexity index is 524. The molecule has 100 valence electrons. The zero-order valence-electron chi connectivity index (χ0n) is 10.2. The summed E-state index contributed by atoms with van der Waals surface area (Å²) in [6, 6.07) is 5.74. The van der Waals surface area contributed by atoms with E-state index in [1.54, 1.807) is 0 Å². The molecule has 1 aliphatic heterocycles. The lowest BCUT2D eigenvalue weighted by Crippen LogP contribution is -2.36. The van der Waals surface area contributed by atoms with Crippen molar-refractivity contribution in [1.29, 1.82) is 0 Å². The maximum atomic E-state index is 11.2. The molecule has 0 saturated carbocycles. The van der Waals surface area contributed by atoms with Crippen LogP contribution in [0.4, 0.5) is 5.69 Å². The first-order valence-electron chi connectivity index (χ1n) is 5.80. The predicted molar refractivity (Wildman–Crippen MR) is 72.7 cm³/mol. The lowest BCUT2D eigenvalue weighted by Gasteiger charge is -2.30. The Morgan fingerprint density at radius 2 is 2.00 bits per heavy atom. The Kier molecular flexibility index (Phi) is 4.14. The summed E-state index contributed by atoms with van der Waals surface area (Å²) in [6.45, 7) is 4.88. The van der Waals surface area contributed by atoms with Crippen molar-refractivity contribution < 1.29 is 13.2 Å². The van der Waals surface area contributed by atoms with Crippen LogP contribution in [0, 0.1) is 6.92 Å². The van der Waals surface area contributed by atoms with Crippen LogP contribution in [-0.4, -0.2) is 34.7 Å². The van der Waals surface area contributed by atoms with Gasteiger partial charge >= 0.3 is 0 Å². The summed E-state index contributed by atoms with van der Waals surface area (Å²) in [4.78, 5) is 2.15. The number of halogens is 1. The van der Waals surface area contributed by atoms with E-state index in [0.717, 1.165) is 29.9 Å². The number of hydrogen-bond donors (Lipinski definition) is 0. The molecule has 1 saturated heterocycles. The van der Waals surface area contributed by atoms with Gasteiger partial charge in [-0.15, -0.1) is 0 Å². The van der Waals surface area contributed by atoms with Crippen LogP contribution in [0.3, 0.4) is 0 Å². The van der Waals surface area contributed by atoms with Gasteiger partial charge in [0.05, 0.1) is 19.0 Å². The van der Waals surface area contributed by atoms with E-state index in [1.807, 2.05) is 25.1 Å². The Hall–Kier alpha value is -0.780. The molecule has 0 bridgehead atoms. The van der Waals surface area contributed by atoms with Crippen LogP contribution in [0.2, 0.25) is 0 Å². The number of morpholine rings is 1. The molecule has 18 heavy (non-hydrogen) atoms. The van der Waals surface area contributed by atoms with Gasteiger partial charge in [0.1, 0.15) is 0 Å². The highest BCUT2D eigenvalue weighted by molar-refractivity contribution is 8.13. The minimum atomic E-state index is -3.54. The molecule has 0 spiro atoms. The summed E-state index contributed by atoms with van der Waals surface area (Å²) in [5, 5.41) is 0. The fourth-order valence-electron chi connectivity index (χ4n) is 2.08. The zero-order valence-corrected chi connectivity index (χ0v) is 11.8. The van der Waals surface area contributed by atoms with E-state index in [4.69, 9.17) is 15.4 Å². The second-order valence-electron chi connectivity index (χ2n) is 4.41. The van der Waals surface area contributed by atoms with Crippen molar-refractivity contribution in [3.63, 3.8) is 0 Å². The molecule has 0 unspecified atom stereocenters. The number of anilines is 1. The Balaban J connectivity index is 2.33. The summed E-state index contributed by atoms with van der Waals surface area (Å²) in [6.07, 6.45) is 0. The minimum Gasteiger partial charge on any atom is -0.378 e. The van der Waals surface area contributed by atoms with Crippen LogP contribution in [0.25, 0.3) is 0 Å². The van der Waals surface area contributed by atoms with Gasteiger partial charge in [-0.05, 0) is 24.1 Å². The maximum absolute atomic E-state index is 11.2. The van der Waals surface area contributed by atoms with E-state index in [9.17, 15) is 8.42 Å². The lowest BCUT2D eigenvalue weighted by molar-refractivity contribution is 0.122. The third kappa shape index (κ3) is 3.60. The monoisotopic (exact) mass is 289 g/mol. The van der Waals surface area contributed by atoms with Crippen LogP contribution in [0.5, 0.6) is 0 Å². The number of rotatable bonds is 3. The smallest absolute Gasteiger partial charge is 0.236 e. The number of ether oxygens (including phenoxy) is 1. The molecule has 6 heteroatoms. The normalized spacial score (nSPS) is 16.9. The number of aryl methyl sites for hydroxylation is 1. The lowest BCUT2D eigenvalue weighted by atomic mass is 10.1. The number of hydrogen-bond acceptors (Lipinski definition) is 4. The van der Waals surface area contributed by atoms with Gasteiger partial charge in [0.25, 0.3) is 0 Å². The molecule has 0 aromatic heterocycles. The standard InChI is InChI=1S/C12H16ClNO3S/c1-10-2-3-11(9-18(13,15)16)12(8-10)14-4-6-17-7-5-14/h2-3,8H,4-7,9H2,1H3. The summed E-state index contributed by atoms with van der Waals surface area (Å²) < 4.78 is 27.8. The van der Waals surface area contributed by atoms with Crippen LogP contribution in [0.15, 0.2) is 18.2 Å². The zero-order chi connectivity index (χ0) is 13.2. The molecule has 1 aliphatic rings. The Labute approximate surface area is 112 Å². The molecular weight excluding hydrogens is 274 g/mol. The number of benzene rings is 1. The first kappa shape index (κ1) is 13.6. The van der Waals surface area contributed by atoms with Gasteiger partial charge in [-0.25, -0.2) is 8.42 Å². The molecule has 0 aliphatic carbocycles. The summed E-state index contributed by atoms with van der Waals surface area (Å²) >= 11 is 0. The van der Waals surface area contributed by atoms with Gasteiger partial charge in [-0.3, -0.25) is 0 Å². The topological polar surface area (TPSA) is 46.6 Å². The van der Waals surface area contributed by atoms with Gasteiger partial charge in [0.2, 0.25) is 9.05 Å². The largest absolute Gasteiger partial charge is 0.378 e. The highest BCUT2D eigenvalue weighted by Gasteiger charge is 2.18. The van der Waals surface area contributed by atoms with Gasteiger partial charge < -0.3 is 9.64 Å². The van der Waals surface area contributed by atoms with E-state index in [2.05, 4.69) is 4.90 Å². The molecule has 0 radical (unpaired) electrons.